The van der Waals surface area contributed by atoms with Crippen molar-refractivity contribution < 1.29 is 8.78 Å². The zero-order valence-electron chi connectivity index (χ0n) is 12.6. The molecule has 0 spiro atoms. The number of nitrogens with one attached hydrogen (secondary N) is 1. The molecule has 2 aliphatic rings. The van der Waals surface area contributed by atoms with Gasteiger partial charge in [0.05, 0.1) is 0 Å². The van der Waals surface area contributed by atoms with E-state index in [2.05, 4.69) is 10.2 Å². The lowest BCUT2D eigenvalue weighted by Crippen LogP contribution is -2.32. The largest absolute Gasteiger partial charge is 0.313 e. The van der Waals surface area contributed by atoms with Gasteiger partial charge in [0.15, 0.2) is 11.6 Å². The third-order valence-corrected chi connectivity index (χ3v) is 4.66. The first-order valence-electron chi connectivity index (χ1n) is 8.04. The van der Waals surface area contributed by atoms with Crippen LogP contribution in [0.1, 0.15) is 43.7 Å². The van der Waals surface area contributed by atoms with E-state index in [4.69, 9.17) is 0 Å². The fourth-order valence-electron chi connectivity index (χ4n) is 3.03. The number of hydrogen-bond donors (Lipinski definition) is 1. The van der Waals surface area contributed by atoms with Crippen molar-refractivity contribution in [1.29, 1.82) is 0 Å². The van der Waals surface area contributed by atoms with E-state index in [-0.39, 0.29) is 6.04 Å². The molecular formula is C17H24F2N2. The van der Waals surface area contributed by atoms with Gasteiger partial charge in [-0.2, -0.15) is 0 Å². The smallest absolute Gasteiger partial charge is 0.163 e. The normalized spacial score (nSPS) is 20.0. The second-order valence-electron chi connectivity index (χ2n) is 6.44. The van der Waals surface area contributed by atoms with Crippen molar-refractivity contribution in [3.8, 4) is 0 Å². The van der Waals surface area contributed by atoms with Crippen molar-refractivity contribution >= 4 is 0 Å². The van der Waals surface area contributed by atoms with E-state index in [0.717, 1.165) is 24.9 Å². The highest BCUT2D eigenvalue weighted by Crippen LogP contribution is 2.35. The van der Waals surface area contributed by atoms with E-state index >= 15 is 0 Å². The molecule has 1 aromatic rings. The van der Waals surface area contributed by atoms with Crippen LogP contribution >= 0.6 is 0 Å². The van der Waals surface area contributed by atoms with Crippen molar-refractivity contribution in [3.05, 3.63) is 35.4 Å². The van der Waals surface area contributed by atoms with Gasteiger partial charge >= 0.3 is 0 Å². The highest BCUT2D eigenvalue weighted by molar-refractivity contribution is 5.22. The van der Waals surface area contributed by atoms with Crippen LogP contribution in [0.4, 0.5) is 8.78 Å². The second-order valence-corrected chi connectivity index (χ2v) is 6.44. The number of hydrogen-bond acceptors (Lipinski definition) is 2. The van der Waals surface area contributed by atoms with Crippen LogP contribution in [-0.4, -0.2) is 31.1 Å². The molecule has 2 nitrogen and oxygen atoms in total. The van der Waals surface area contributed by atoms with Crippen molar-refractivity contribution in [2.24, 2.45) is 5.92 Å². The Morgan fingerprint density at radius 3 is 2.62 bits per heavy atom. The predicted octanol–water partition coefficient (Wildman–Crippen LogP) is 3.49. The molecule has 0 aliphatic heterocycles. The monoisotopic (exact) mass is 294 g/mol. The van der Waals surface area contributed by atoms with Gasteiger partial charge in [0, 0.05) is 30.7 Å². The second kappa shape index (κ2) is 6.41. The van der Waals surface area contributed by atoms with Crippen LogP contribution < -0.4 is 5.32 Å². The molecule has 1 unspecified atom stereocenters. The molecule has 2 fully saturated rings. The SMILES string of the molecule is CNC(CCN(CC1CC1)C1CC1)c1cccc(F)c1F. The Bertz CT molecular complexity index is 484. The Labute approximate surface area is 125 Å². The van der Waals surface area contributed by atoms with Gasteiger partial charge in [0.25, 0.3) is 0 Å². The van der Waals surface area contributed by atoms with E-state index in [1.807, 2.05) is 7.05 Å². The van der Waals surface area contributed by atoms with E-state index in [1.165, 1.54) is 38.3 Å². The lowest BCUT2D eigenvalue weighted by molar-refractivity contribution is 0.238. The third-order valence-electron chi connectivity index (χ3n) is 4.66. The minimum atomic E-state index is -0.759. The fraction of sp³-hybridized carbons (Fsp3) is 0.647. The molecule has 116 valence electrons. The maximum Gasteiger partial charge on any atom is 0.163 e. The van der Waals surface area contributed by atoms with Gasteiger partial charge in [-0.05, 0) is 51.1 Å². The number of rotatable bonds is 8. The van der Waals surface area contributed by atoms with Gasteiger partial charge in [0.1, 0.15) is 0 Å². The molecule has 0 aromatic heterocycles. The summed E-state index contributed by atoms with van der Waals surface area (Å²) >= 11 is 0. The molecule has 0 bridgehead atoms. The molecule has 4 heteroatoms. The van der Waals surface area contributed by atoms with Crippen LogP contribution in [0.3, 0.4) is 0 Å². The van der Waals surface area contributed by atoms with Crippen molar-refractivity contribution in [1.82, 2.24) is 10.2 Å². The van der Waals surface area contributed by atoms with Crippen LogP contribution in [0, 0.1) is 17.6 Å². The molecule has 1 N–H and O–H groups in total. The van der Waals surface area contributed by atoms with Crippen molar-refractivity contribution in [2.45, 2.75) is 44.2 Å². The Balaban J connectivity index is 1.61. The number of benzene rings is 1. The summed E-state index contributed by atoms with van der Waals surface area (Å²) in [5.74, 6) is -0.591. The summed E-state index contributed by atoms with van der Waals surface area (Å²) in [7, 11) is 1.82. The predicted molar refractivity (Wildman–Crippen MR) is 80.1 cm³/mol. The van der Waals surface area contributed by atoms with Crippen molar-refractivity contribution in [3.63, 3.8) is 0 Å². The van der Waals surface area contributed by atoms with E-state index < -0.39 is 11.6 Å². The molecular weight excluding hydrogens is 270 g/mol. The first-order chi connectivity index (χ1) is 10.2. The van der Waals surface area contributed by atoms with Crippen molar-refractivity contribution in [2.75, 3.05) is 20.1 Å². The Hall–Kier alpha value is -1.00. The maximum absolute atomic E-state index is 13.9. The summed E-state index contributed by atoms with van der Waals surface area (Å²) in [4.78, 5) is 2.55. The molecule has 1 atom stereocenters. The molecule has 0 saturated heterocycles. The minimum Gasteiger partial charge on any atom is -0.313 e. The lowest BCUT2D eigenvalue weighted by Gasteiger charge is -2.25. The van der Waals surface area contributed by atoms with Gasteiger partial charge in [-0.25, -0.2) is 8.78 Å². The highest BCUT2D eigenvalue weighted by atomic mass is 19.2. The molecule has 2 saturated carbocycles. The molecule has 0 radical (unpaired) electrons. The van der Waals surface area contributed by atoms with Gasteiger partial charge in [-0.3, -0.25) is 0 Å². The number of nitrogens with zero attached hydrogens (tertiary/aromatic N) is 1. The van der Waals surface area contributed by atoms with Gasteiger partial charge in [0.2, 0.25) is 0 Å². The van der Waals surface area contributed by atoms with Crippen LogP contribution in [0.15, 0.2) is 18.2 Å². The topological polar surface area (TPSA) is 15.3 Å². The zero-order valence-corrected chi connectivity index (χ0v) is 12.6. The molecule has 3 rings (SSSR count). The average Bonchev–Trinajstić information content (AvgIpc) is 3.36. The van der Waals surface area contributed by atoms with Crippen LogP contribution in [0.5, 0.6) is 0 Å². The quantitative estimate of drug-likeness (QED) is 0.789. The third kappa shape index (κ3) is 3.80. The Kier molecular flexibility index (Phi) is 4.55. The molecule has 21 heavy (non-hydrogen) atoms. The Morgan fingerprint density at radius 1 is 1.24 bits per heavy atom. The molecule has 0 heterocycles. The van der Waals surface area contributed by atoms with E-state index in [9.17, 15) is 8.78 Å². The molecule has 0 amide bonds. The first-order valence-corrected chi connectivity index (χ1v) is 8.04. The summed E-state index contributed by atoms with van der Waals surface area (Å²) in [6.45, 7) is 2.15. The summed E-state index contributed by atoms with van der Waals surface area (Å²) < 4.78 is 27.3. The summed E-state index contributed by atoms with van der Waals surface area (Å²) in [6, 6.07) is 5.06. The van der Waals surface area contributed by atoms with E-state index in [1.54, 1.807) is 12.1 Å². The zero-order chi connectivity index (χ0) is 14.8. The summed E-state index contributed by atoms with van der Waals surface area (Å²) in [5, 5.41) is 3.14. The summed E-state index contributed by atoms with van der Waals surface area (Å²) in [6.07, 6.45) is 6.13. The first kappa shape index (κ1) is 14.9. The van der Waals surface area contributed by atoms with E-state index in [0.29, 0.717) is 5.56 Å². The number of halogens is 2. The van der Waals surface area contributed by atoms with Gasteiger partial charge in [-0.1, -0.05) is 12.1 Å². The van der Waals surface area contributed by atoms with Gasteiger partial charge < -0.3 is 10.2 Å². The summed E-state index contributed by atoms with van der Waals surface area (Å²) in [5.41, 5.74) is 0.444. The fourth-order valence-corrected chi connectivity index (χ4v) is 3.03. The van der Waals surface area contributed by atoms with Gasteiger partial charge in [-0.15, -0.1) is 0 Å². The molecule has 2 aliphatic carbocycles. The minimum absolute atomic E-state index is 0.124. The standard InChI is InChI=1S/C17H24F2N2/c1-20-16(14-3-2-4-15(18)17(14)19)9-10-21(13-7-8-13)11-12-5-6-12/h2-4,12-13,16,20H,5-11H2,1H3. The molecule has 1 aromatic carbocycles. The van der Waals surface area contributed by atoms with Crippen LogP contribution in [-0.2, 0) is 0 Å². The lowest BCUT2D eigenvalue weighted by atomic mass is 10.0. The Morgan fingerprint density at radius 2 is 2.00 bits per heavy atom. The maximum atomic E-state index is 13.9. The highest BCUT2D eigenvalue weighted by Gasteiger charge is 2.33. The van der Waals surface area contributed by atoms with Crippen LogP contribution in [0.25, 0.3) is 0 Å². The average molecular weight is 294 g/mol. The van der Waals surface area contributed by atoms with Crippen LogP contribution in [0.2, 0.25) is 0 Å².